The Bertz CT molecular complexity index is 717. The van der Waals surface area contributed by atoms with Gasteiger partial charge < -0.3 is 10.2 Å². The molecule has 1 N–H and O–H groups in total. The van der Waals surface area contributed by atoms with Gasteiger partial charge in [-0.3, -0.25) is 9.59 Å². The highest BCUT2D eigenvalue weighted by molar-refractivity contribution is 6.31. The number of benzene rings is 2. The van der Waals surface area contributed by atoms with Crippen molar-refractivity contribution in [2.75, 3.05) is 11.9 Å². The molecular formula is C19H21ClN2O2. The van der Waals surface area contributed by atoms with Crippen LogP contribution in [0, 0.1) is 6.92 Å². The number of amides is 2. The first-order valence-corrected chi connectivity index (χ1v) is 8.25. The van der Waals surface area contributed by atoms with Crippen molar-refractivity contribution in [1.29, 1.82) is 0 Å². The zero-order chi connectivity index (χ0) is 17.5. The molecule has 0 aliphatic carbocycles. The Hall–Kier alpha value is -2.33. The summed E-state index contributed by atoms with van der Waals surface area (Å²) in [5.74, 6) is -0.532. The number of nitrogens with one attached hydrogen (secondary N) is 1. The van der Waals surface area contributed by atoms with E-state index in [0.717, 1.165) is 11.1 Å². The number of halogens is 1. The predicted molar refractivity (Wildman–Crippen MR) is 97.0 cm³/mol. The molecule has 24 heavy (non-hydrogen) atoms. The predicted octanol–water partition coefficient (Wildman–Crippen LogP) is 4.03. The van der Waals surface area contributed by atoms with Gasteiger partial charge >= 0.3 is 0 Å². The first kappa shape index (κ1) is 18.0. The van der Waals surface area contributed by atoms with Crippen LogP contribution in [-0.4, -0.2) is 23.3 Å². The van der Waals surface area contributed by atoms with Gasteiger partial charge in [0.1, 0.15) is 6.42 Å². The van der Waals surface area contributed by atoms with Gasteiger partial charge in [-0.25, -0.2) is 0 Å². The number of carbonyl (C=O) groups is 2. The summed E-state index contributed by atoms with van der Waals surface area (Å²) in [5.41, 5.74) is 2.46. The van der Waals surface area contributed by atoms with Crippen LogP contribution in [0.5, 0.6) is 0 Å². The first-order valence-electron chi connectivity index (χ1n) is 7.88. The van der Waals surface area contributed by atoms with Crippen LogP contribution < -0.4 is 5.32 Å². The maximum absolute atomic E-state index is 12.4. The van der Waals surface area contributed by atoms with Gasteiger partial charge in [-0.05, 0) is 37.1 Å². The number of carbonyl (C=O) groups excluding carboxylic acids is 2. The van der Waals surface area contributed by atoms with E-state index in [-0.39, 0.29) is 18.2 Å². The van der Waals surface area contributed by atoms with Gasteiger partial charge in [0, 0.05) is 23.8 Å². The molecule has 0 unspecified atom stereocenters. The van der Waals surface area contributed by atoms with E-state index < -0.39 is 0 Å². The monoisotopic (exact) mass is 344 g/mol. The van der Waals surface area contributed by atoms with Crippen molar-refractivity contribution >= 4 is 29.1 Å². The maximum atomic E-state index is 12.4. The Labute approximate surface area is 147 Å². The summed E-state index contributed by atoms with van der Waals surface area (Å²) < 4.78 is 0. The molecule has 0 fully saturated rings. The van der Waals surface area contributed by atoms with E-state index >= 15 is 0 Å². The average Bonchev–Trinajstić information content (AvgIpc) is 2.57. The second-order valence-electron chi connectivity index (χ2n) is 5.53. The SMILES string of the molecule is CCN(Cc1ccccc1)C(=O)CC(=O)Nc1cccc(Cl)c1C. The van der Waals surface area contributed by atoms with Crippen molar-refractivity contribution in [3.8, 4) is 0 Å². The molecule has 0 aromatic heterocycles. The van der Waals surface area contributed by atoms with Crippen LogP contribution in [0.1, 0.15) is 24.5 Å². The largest absolute Gasteiger partial charge is 0.338 e. The fraction of sp³-hybridized carbons (Fsp3) is 0.263. The molecule has 0 aliphatic rings. The van der Waals surface area contributed by atoms with Gasteiger partial charge in [0.05, 0.1) is 0 Å². The minimum Gasteiger partial charge on any atom is -0.338 e. The molecule has 0 atom stereocenters. The highest BCUT2D eigenvalue weighted by Gasteiger charge is 2.17. The summed E-state index contributed by atoms with van der Waals surface area (Å²) >= 11 is 6.04. The molecule has 2 amide bonds. The van der Waals surface area contributed by atoms with Crippen LogP contribution in [0.3, 0.4) is 0 Å². The minimum atomic E-state index is -0.336. The quantitative estimate of drug-likeness (QED) is 0.804. The molecule has 0 saturated heterocycles. The highest BCUT2D eigenvalue weighted by atomic mass is 35.5. The van der Waals surface area contributed by atoms with E-state index in [9.17, 15) is 9.59 Å². The van der Waals surface area contributed by atoms with E-state index in [1.807, 2.05) is 44.2 Å². The topological polar surface area (TPSA) is 49.4 Å². The van der Waals surface area contributed by atoms with Crippen LogP contribution in [-0.2, 0) is 16.1 Å². The molecule has 0 saturated carbocycles. The molecule has 0 spiro atoms. The lowest BCUT2D eigenvalue weighted by Crippen LogP contribution is -2.33. The van der Waals surface area contributed by atoms with E-state index in [4.69, 9.17) is 11.6 Å². The number of anilines is 1. The number of rotatable bonds is 6. The molecule has 0 heterocycles. The zero-order valence-electron chi connectivity index (χ0n) is 13.9. The molecule has 2 aromatic rings. The fourth-order valence-electron chi connectivity index (χ4n) is 2.37. The van der Waals surface area contributed by atoms with E-state index in [0.29, 0.717) is 23.8 Å². The zero-order valence-corrected chi connectivity index (χ0v) is 14.6. The molecule has 126 valence electrons. The Morgan fingerprint density at radius 2 is 1.79 bits per heavy atom. The van der Waals surface area contributed by atoms with Crippen molar-refractivity contribution in [3.63, 3.8) is 0 Å². The van der Waals surface area contributed by atoms with Crippen molar-refractivity contribution in [2.24, 2.45) is 0 Å². The van der Waals surface area contributed by atoms with Crippen LogP contribution in [0.15, 0.2) is 48.5 Å². The Kier molecular flexibility index (Phi) is 6.38. The molecule has 4 nitrogen and oxygen atoms in total. The lowest BCUT2D eigenvalue weighted by molar-refractivity contribution is -0.134. The summed E-state index contributed by atoms with van der Waals surface area (Å²) in [5, 5.41) is 3.34. The highest BCUT2D eigenvalue weighted by Crippen LogP contribution is 2.23. The van der Waals surface area contributed by atoms with E-state index in [1.54, 1.807) is 23.1 Å². The standard InChI is InChI=1S/C19H21ClN2O2/c1-3-22(13-15-8-5-4-6-9-15)19(24)12-18(23)21-17-11-7-10-16(20)14(17)2/h4-11H,3,12-13H2,1-2H3,(H,21,23). The summed E-state index contributed by atoms with van der Waals surface area (Å²) in [6, 6.07) is 15.0. The third-order valence-corrected chi connectivity index (χ3v) is 4.21. The number of hydrogen-bond acceptors (Lipinski definition) is 2. The molecule has 0 aliphatic heterocycles. The van der Waals surface area contributed by atoms with Gasteiger partial charge in [-0.1, -0.05) is 48.0 Å². The average molecular weight is 345 g/mol. The number of nitrogens with zero attached hydrogens (tertiary/aromatic N) is 1. The lowest BCUT2D eigenvalue weighted by atomic mass is 10.2. The van der Waals surface area contributed by atoms with Gasteiger partial charge in [0.15, 0.2) is 0 Å². The summed E-state index contributed by atoms with van der Waals surface area (Å²) in [6.45, 7) is 4.78. The van der Waals surface area contributed by atoms with Crippen LogP contribution in [0.2, 0.25) is 5.02 Å². The van der Waals surface area contributed by atoms with Crippen molar-refractivity contribution in [1.82, 2.24) is 4.90 Å². The molecule has 0 radical (unpaired) electrons. The summed E-state index contributed by atoms with van der Waals surface area (Å²) in [6.07, 6.45) is -0.188. The maximum Gasteiger partial charge on any atom is 0.233 e. The molecule has 0 bridgehead atoms. The van der Waals surface area contributed by atoms with Gasteiger partial charge in [0.2, 0.25) is 11.8 Å². The lowest BCUT2D eigenvalue weighted by Gasteiger charge is -2.21. The minimum absolute atomic E-state index is 0.188. The normalized spacial score (nSPS) is 10.3. The summed E-state index contributed by atoms with van der Waals surface area (Å²) in [7, 11) is 0. The smallest absolute Gasteiger partial charge is 0.233 e. The van der Waals surface area contributed by atoms with E-state index in [1.165, 1.54) is 0 Å². The van der Waals surface area contributed by atoms with E-state index in [2.05, 4.69) is 5.32 Å². The Morgan fingerprint density at radius 3 is 2.46 bits per heavy atom. The van der Waals surface area contributed by atoms with Gasteiger partial charge in [-0.15, -0.1) is 0 Å². The fourth-order valence-corrected chi connectivity index (χ4v) is 2.54. The van der Waals surface area contributed by atoms with Crippen molar-refractivity contribution in [3.05, 3.63) is 64.7 Å². The Balaban J connectivity index is 1.96. The van der Waals surface area contributed by atoms with Crippen molar-refractivity contribution in [2.45, 2.75) is 26.8 Å². The van der Waals surface area contributed by atoms with Gasteiger partial charge in [0.25, 0.3) is 0 Å². The molecule has 2 rings (SSSR count). The third kappa shape index (κ3) is 4.83. The first-order chi connectivity index (χ1) is 11.5. The number of hydrogen-bond donors (Lipinski definition) is 1. The molecule has 2 aromatic carbocycles. The van der Waals surface area contributed by atoms with Crippen LogP contribution >= 0.6 is 11.6 Å². The van der Waals surface area contributed by atoms with Crippen molar-refractivity contribution < 1.29 is 9.59 Å². The Morgan fingerprint density at radius 1 is 1.08 bits per heavy atom. The second kappa shape index (κ2) is 8.50. The molecular weight excluding hydrogens is 324 g/mol. The third-order valence-electron chi connectivity index (χ3n) is 3.80. The molecule has 5 heteroatoms. The van der Waals surface area contributed by atoms with Gasteiger partial charge in [-0.2, -0.15) is 0 Å². The van der Waals surface area contributed by atoms with Crippen LogP contribution in [0.4, 0.5) is 5.69 Å². The summed E-state index contributed by atoms with van der Waals surface area (Å²) in [4.78, 5) is 26.2. The second-order valence-corrected chi connectivity index (χ2v) is 5.94. The van der Waals surface area contributed by atoms with Crippen LogP contribution in [0.25, 0.3) is 0 Å².